The second-order valence-electron chi connectivity index (χ2n) is 3.45. The molecule has 0 saturated carbocycles. The van der Waals surface area contributed by atoms with Crippen molar-refractivity contribution in [3.8, 4) is 0 Å². The number of hydrogen-bond acceptors (Lipinski definition) is 5. The summed E-state index contributed by atoms with van der Waals surface area (Å²) >= 11 is 0.869. The molecule has 1 aliphatic heterocycles. The summed E-state index contributed by atoms with van der Waals surface area (Å²) in [7, 11) is -3.67. The summed E-state index contributed by atoms with van der Waals surface area (Å²) in [6, 6.07) is 6.33. The van der Waals surface area contributed by atoms with E-state index in [1.165, 1.54) is 13.0 Å². The molecule has 1 aromatic rings. The van der Waals surface area contributed by atoms with Gasteiger partial charge in [0.25, 0.3) is 10.0 Å². The Morgan fingerprint density at radius 1 is 1.41 bits per heavy atom. The first-order valence-corrected chi connectivity index (χ1v) is 7.05. The molecule has 7 heteroatoms. The molecule has 0 N–H and O–H groups in total. The first kappa shape index (κ1) is 12.1. The maximum absolute atomic E-state index is 11.7. The Bertz CT molecular complexity index is 606. The van der Waals surface area contributed by atoms with Gasteiger partial charge in [-0.3, -0.25) is 0 Å². The number of carbonyl (C=O) groups is 1. The summed E-state index contributed by atoms with van der Waals surface area (Å²) < 4.78 is 26.9. The minimum absolute atomic E-state index is 0.119. The van der Waals surface area contributed by atoms with Crippen molar-refractivity contribution in [3.05, 3.63) is 29.8 Å². The molecule has 90 valence electrons. The van der Waals surface area contributed by atoms with E-state index in [9.17, 15) is 18.3 Å². The van der Waals surface area contributed by atoms with Crippen LogP contribution in [0.15, 0.2) is 33.6 Å². The highest BCUT2D eigenvalue weighted by molar-refractivity contribution is 8.16. The minimum Gasteiger partial charge on any atom is -0.549 e. The summed E-state index contributed by atoms with van der Waals surface area (Å²) in [5.74, 6) is -1.25. The van der Waals surface area contributed by atoms with Crippen LogP contribution in [0.4, 0.5) is 0 Å². The Morgan fingerprint density at radius 3 is 2.71 bits per heavy atom. The summed E-state index contributed by atoms with van der Waals surface area (Å²) in [4.78, 5) is 10.7. The molecular weight excluding hydrogens is 262 g/mol. The summed E-state index contributed by atoms with van der Waals surface area (Å²) in [6.45, 7) is 1.43. The van der Waals surface area contributed by atoms with E-state index in [-0.39, 0.29) is 9.94 Å². The van der Waals surface area contributed by atoms with Gasteiger partial charge in [0, 0.05) is 10.8 Å². The van der Waals surface area contributed by atoms with E-state index >= 15 is 0 Å². The Morgan fingerprint density at radius 2 is 2.06 bits per heavy atom. The molecule has 0 spiro atoms. The molecule has 0 bridgehead atoms. The molecule has 0 saturated heterocycles. The van der Waals surface area contributed by atoms with Crippen molar-refractivity contribution in [3.63, 3.8) is 0 Å². The monoisotopic (exact) mass is 270 g/mol. The standard InChI is InChI=1S/C10H9NO4S2/c1-6(10(12)13)16-9-7-4-2-3-5-8(7)17(14,15)11-9/h2-6H,1H3,(H,12,13)/p-1/t6-/m1/s1. The number of sulfonamides is 1. The number of thioether (sulfide) groups is 1. The fraction of sp³-hybridized carbons (Fsp3) is 0.200. The van der Waals surface area contributed by atoms with E-state index in [0.717, 1.165) is 11.8 Å². The fourth-order valence-electron chi connectivity index (χ4n) is 1.38. The minimum atomic E-state index is -3.67. The van der Waals surface area contributed by atoms with E-state index < -0.39 is 21.2 Å². The summed E-state index contributed by atoms with van der Waals surface area (Å²) in [5, 5.41) is 9.98. The van der Waals surface area contributed by atoms with Gasteiger partial charge in [-0.05, 0) is 13.0 Å². The smallest absolute Gasteiger partial charge is 0.284 e. The third-order valence-corrected chi connectivity index (χ3v) is 4.75. The third kappa shape index (κ3) is 2.20. The quantitative estimate of drug-likeness (QED) is 0.755. The van der Waals surface area contributed by atoms with Crippen LogP contribution in [0.1, 0.15) is 12.5 Å². The van der Waals surface area contributed by atoms with Gasteiger partial charge in [-0.2, -0.15) is 12.8 Å². The lowest BCUT2D eigenvalue weighted by Crippen LogP contribution is -2.32. The Labute approximate surface area is 103 Å². The topological polar surface area (TPSA) is 86.6 Å². The second kappa shape index (κ2) is 4.15. The number of carboxylic acid groups (broad SMARTS) is 1. The molecular formula is C10H8NO4S2-. The van der Waals surface area contributed by atoms with Crippen molar-refractivity contribution in [1.29, 1.82) is 0 Å². The van der Waals surface area contributed by atoms with Gasteiger partial charge >= 0.3 is 0 Å². The van der Waals surface area contributed by atoms with Crippen LogP contribution in [-0.2, 0) is 14.8 Å². The number of aliphatic carboxylic acids is 1. The molecule has 0 aromatic heterocycles. The maximum Gasteiger partial charge on any atom is 0.284 e. The lowest BCUT2D eigenvalue weighted by Gasteiger charge is -2.11. The number of hydrogen-bond donors (Lipinski definition) is 0. The zero-order chi connectivity index (χ0) is 12.6. The SMILES string of the molecule is C[C@@H](SC1=NS(=O)(=O)c2ccccc21)C(=O)[O-]. The Hall–Kier alpha value is -1.34. The Kier molecular flexibility index (Phi) is 2.96. The van der Waals surface area contributed by atoms with E-state index in [1.807, 2.05) is 0 Å². The summed E-state index contributed by atoms with van der Waals surface area (Å²) in [5.41, 5.74) is 0.450. The number of fused-ring (bicyclic) bond motifs is 1. The predicted molar refractivity (Wildman–Crippen MR) is 62.2 cm³/mol. The van der Waals surface area contributed by atoms with Crippen LogP contribution in [0.2, 0.25) is 0 Å². The van der Waals surface area contributed by atoms with E-state index in [0.29, 0.717) is 5.56 Å². The molecule has 1 atom stereocenters. The number of nitrogens with zero attached hydrogens (tertiary/aromatic N) is 1. The maximum atomic E-state index is 11.7. The van der Waals surface area contributed by atoms with E-state index in [1.54, 1.807) is 18.2 Å². The van der Waals surface area contributed by atoms with E-state index in [2.05, 4.69) is 4.40 Å². The lowest BCUT2D eigenvalue weighted by atomic mass is 10.2. The predicted octanol–water partition coefficient (Wildman–Crippen LogP) is 0.00710. The lowest BCUT2D eigenvalue weighted by molar-refractivity contribution is -0.304. The zero-order valence-corrected chi connectivity index (χ0v) is 10.4. The summed E-state index contributed by atoms with van der Waals surface area (Å²) in [6.07, 6.45) is 0. The Balaban J connectivity index is 2.42. The largest absolute Gasteiger partial charge is 0.549 e. The van der Waals surface area contributed by atoms with Crippen molar-refractivity contribution < 1.29 is 18.3 Å². The molecule has 1 aromatic carbocycles. The second-order valence-corrected chi connectivity index (χ2v) is 6.35. The van der Waals surface area contributed by atoms with Gasteiger partial charge in [0.2, 0.25) is 0 Å². The van der Waals surface area contributed by atoms with Gasteiger partial charge < -0.3 is 9.90 Å². The molecule has 0 radical (unpaired) electrons. The zero-order valence-electron chi connectivity index (χ0n) is 8.78. The van der Waals surface area contributed by atoms with Crippen molar-refractivity contribution in [2.75, 3.05) is 0 Å². The molecule has 0 aliphatic carbocycles. The number of carboxylic acids is 1. The van der Waals surface area contributed by atoms with E-state index in [4.69, 9.17) is 0 Å². The first-order chi connectivity index (χ1) is 7.92. The highest BCUT2D eigenvalue weighted by Crippen LogP contribution is 2.32. The molecule has 0 fully saturated rings. The molecule has 5 nitrogen and oxygen atoms in total. The van der Waals surface area contributed by atoms with Gasteiger partial charge in [0.05, 0.1) is 10.9 Å². The van der Waals surface area contributed by atoms with Crippen molar-refractivity contribution in [2.24, 2.45) is 4.40 Å². The highest BCUT2D eigenvalue weighted by atomic mass is 32.2. The van der Waals surface area contributed by atoms with Crippen LogP contribution in [0.3, 0.4) is 0 Å². The van der Waals surface area contributed by atoms with Gasteiger partial charge in [-0.25, -0.2) is 0 Å². The first-order valence-electron chi connectivity index (χ1n) is 4.74. The number of benzene rings is 1. The van der Waals surface area contributed by atoms with Crippen LogP contribution < -0.4 is 5.11 Å². The van der Waals surface area contributed by atoms with Crippen LogP contribution >= 0.6 is 11.8 Å². The third-order valence-electron chi connectivity index (χ3n) is 2.22. The molecule has 0 amide bonds. The van der Waals surface area contributed by atoms with Gasteiger partial charge in [-0.1, -0.05) is 30.0 Å². The normalized spacial score (nSPS) is 18.3. The van der Waals surface area contributed by atoms with Crippen molar-refractivity contribution >= 4 is 32.8 Å². The van der Waals surface area contributed by atoms with Crippen LogP contribution in [0.5, 0.6) is 0 Å². The molecule has 1 aliphatic rings. The van der Waals surface area contributed by atoms with Crippen LogP contribution in [0.25, 0.3) is 0 Å². The van der Waals surface area contributed by atoms with Gasteiger partial charge in [-0.15, -0.1) is 0 Å². The number of rotatable bonds is 2. The molecule has 17 heavy (non-hydrogen) atoms. The van der Waals surface area contributed by atoms with Gasteiger partial charge in [0.15, 0.2) is 0 Å². The van der Waals surface area contributed by atoms with Gasteiger partial charge in [0.1, 0.15) is 5.04 Å². The molecule has 0 unspecified atom stereocenters. The van der Waals surface area contributed by atoms with Crippen molar-refractivity contribution in [2.45, 2.75) is 17.1 Å². The van der Waals surface area contributed by atoms with Crippen molar-refractivity contribution in [1.82, 2.24) is 0 Å². The average molecular weight is 270 g/mol. The average Bonchev–Trinajstić information content (AvgIpc) is 2.51. The molecule has 2 rings (SSSR count). The van der Waals surface area contributed by atoms with Crippen LogP contribution in [-0.4, -0.2) is 24.7 Å². The highest BCUT2D eigenvalue weighted by Gasteiger charge is 2.29. The molecule has 1 heterocycles. The van der Waals surface area contributed by atoms with Crippen LogP contribution in [0, 0.1) is 0 Å². The fourth-order valence-corrected chi connectivity index (χ4v) is 3.75. The number of carbonyl (C=O) groups excluding carboxylic acids is 1.